The van der Waals surface area contributed by atoms with Crippen LogP contribution in [0.2, 0.25) is 0 Å². The minimum atomic E-state index is -1.61. The van der Waals surface area contributed by atoms with Crippen LogP contribution in [-0.2, 0) is 0 Å². The molecular formula is C27H29F2N7. The second kappa shape index (κ2) is 9.28. The van der Waals surface area contributed by atoms with Gasteiger partial charge in [0.1, 0.15) is 17.4 Å². The summed E-state index contributed by atoms with van der Waals surface area (Å²) in [5, 5.41) is 18.5. The van der Waals surface area contributed by atoms with E-state index in [1.165, 1.54) is 36.5 Å². The van der Waals surface area contributed by atoms with Crippen molar-refractivity contribution in [2.75, 3.05) is 17.2 Å². The molecule has 9 heteroatoms. The van der Waals surface area contributed by atoms with E-state index >= 15 is 4.39 Å². The molecule has 4 N–H and O–H groups in total. The fourth-order valence-electron chi connectivity index (χ4n) is 4.02. The molecule has 1 aliphatic carbocycles. The van der Waals surface area contributed by atoms with E-state index in [0.29, 0.717) is 46.2 Å². The van der Waals surface area contributed by atoms with Gasteiger partial charge in [-0.3, -0.25) is 9.99 Å². The van der Waals surface area contributed by atoms with E-state index in [0.717, 1.165) is 12.8 Å². The highest BCUT2D eigenvalue weighted by molar-refractivity contribution is 5.96. The van der Waals surface area contributed by atoms with Crippen LogP contribution in [0.1, 0.15) is 52.1 Å². The number of nitrogens with one attached hydrogen (secondary N) is 4. The minimum absolute atomic E-state index is 0.0866. The number of hydrazine groups is 2. The van der Waals surface area contributed by atoms with E-state index < -0.39 is 17.7 Å². The lowest BCUT2D eigenvalue weighted by atomic mass is 9.96. The van der Waals surface area contributed by atoms with Crippen molar-refractivity contribution in [1.29, 1.82) is 5.26 Å². The van der Waals surface area contributed by atoms with Crippen molar-refractivity contribution in [2.24, 2.45) is 5.41 Å². The lowest BCUT2D eigenvalue weighted by Gasteiger charge is -2.23. The van der Waals surface area contributed by atoms with Crippen LogP contribution in [0, 0.1) is 28.4 Å². The Bertz CT molecular complexity index is 1410. The molecule has 0 radical (unpaired) electrons. The zero-order valence-corrected chi connectivity index (χ0v) is 20.4. The van der Waals surface area contributed by atoms with Crippen LogP contribution < -0.4 is 21.6 Å². The van der Waals surface area contributed by atoms with Gasteiger partial charge in [0.05, 0.1) is 24.3 Å². The van der Waals surface area contributed by atoms with Crippen molar-refractivity contribution in [3.63, 3.8) is 0 Å². The summed E-state index contributed by atoms with van der Waals surface area (Å²) in [4.78, 5) is 4.18. The molecule has 2 heterocycles. The van der Waals surface area contributed by atoms with Gasteiger partial charge < -0.3 is 16.1 Å². The number of fused-ring (bicyclic) bond motifs is 1. The second-order valence-electron chi connectivity index (χ2n) is 10.4. The van der Waals surface area contributed by atoms with Gasteiger partial charge in [0.2, 0.25) is 0 Å². The molecule has 0 amide bonds. The number of nitriles is 1. The number of hydrogen-bond acceptors (Lipinski definition) is 7. The fraction of sp³-hybridized carbons (Fsp3) is 0.333. The van der Waals surface area contributed by atoms with Crippen molar-refractivity contribution in [3.8, 4) is 6.07 Å². The highest BCUT2D eigenvalue weighted by Gasteiger charge is 2.32. The molecule has 186 valence electrons. The first-order valence-corrected chi connectivity index (χ1v) is 11.9. The Balaban J connectivity index is 1.60. The van der Waals surface area contributed by atoms with E-state index in [2.05, 4.69) is 53.4 Å². The van der Waals surface area contributed by atoms with E-state index in [9.17, 15) is 11.0 Å². The topological polar surface area (TPSA) is 88.0 Å². The Labute approximate surface area is 210 Å². The van der Waals surface area contributed by atoms with Gasteiger partial charge in [-0.2, -0.15) is 5.26 Å². The SMILES string of the molecule is [2H][C@](Nc1cc(F)c2ncc(C#N)c(NCC(C)(C)C)c2c1)(C1=CN(C2CC2)NN1)c1ccc(F)cc1. The number of pyridine rings is 1. The number of aromatic nitrogens is 1. The van der Waals surface area contributed by atoms with Gasteiger partial charge in [-0.05, 0) is 48.1 Å². The fourth-order valence-corrected chi connectivity index (χ4v) is 4.02. The van der Waals surface area contributed by atoms with Crippen molar-refractivity contribution in [3.05, 3.63) is 77.3 Å². The monoisotopic (exact) mass is 490 g/mol. The van der Waals surface area contributed by atoms with Crippen molar-refractivity contribution in [2.45, 2.75) is 45.7 Å². The first-order valence-electron chi connectivity index (χ1n) is 12.4. The van der Waals surface area contributed by atoms with Crippen molar-refractivity contribution >= 4 is 22.3 Å². The zero-order chi connectivity index (χ0) is 26.4. The van der Waals surface area contributed by atoms with Crippen LogP contribution >= 0.6 is 0 Å². The smallest absolute Gasteiger partial charge is 0.151 e. The Hall–Kier alpha value is -3.90. The zero-order valence-electron chi connectivity index (χ0n) is 21.4. The standard InChI is InChI=1S/C27H29F2N7/c1-27(2,3)15-32-24-17(12-30)13-31-26-21(24)10-19(11-22(26)29)33-25(16-4-6-18(28)7-5-16)23-14-36(35-34-23)20-8-9-20/h4-7,10-11,13-14,20,25,33-35H,8-9,15H2,1-3H3,(H,31,32)/t25-/m1/s1/i25D. The van der Waals surface area contributed by atoms with Gasteiger partial charge in [0.15, 0.2) is 5.82 Å². The predicted octanol–water partition coefficient (Wildman–Crippen LogP) is 5.32. The van der Waals surface area contributed by atoms with Crippen LogP contribution in [-0.4, -0.2) is 22.6 Å². The Morgan fingerprint density at radius 2 is 2.00 bits per heavy atom. The molecular weight excluding hydrogens is 460 g/mol. The number of benzene rings is 2. The van der Waals surface area contributed by atoms with E-state index in [-0.39, 0.29) is 10.9 Å². The van der Waals surface area contributed by atoms with E-state index in [4.69, 9.17) is 0 Å². The normalized spacial score (nSPS) is 17.6. The first-order chi connectivity index (χ1) is 17.6. The molecule has 1 saturated carbocycles. The lowest BCUT2D eigenvalue weighted by molar-refractivity contribution is 0.260. The van der Waals surface area contributed by atoms with Crippen LogP contribution in [0.5, 0.6) is 0 Å². The quantitative estimate of drug-likeness (QED) is 0.356. The van der Waals surface area contributed by atoms with Gasteiger partial charge >= 0.3 is 0 Å². The molecule has 1 aromatic heterocycles. The third-order valence-corrected chi connectivity index (χ3v) is 6.04. The molecule has 2 aromatic carbocycles. The first kappa shape index (κ1) is 22.6. The summed E-state index contributed by atoms with van der Waals surface area (Å²) in [5.74, 6) is -1.01. The maximum Gasteiger partial charge on any atom is 0.151 e. The van der Waals surface area contributed by atoms with Gasteiger partial charge in [-0.1, -0.05) is 32.9 Å². The molecule has 0 bridgehead atoms. The third-order valence-electron chi connectivity index (χ3n) is 6.04. The number of hydrogen-bond donors (Lipinski definition) is 4. The lowest BCUT2D eigenvalue weighted by Crippen LogP contribution is -2.38. The Kier molecular flexibility index (Phi) is 5.82. The van der Waals surface area contributed by atoms with Crippen LogP contribution in [0.4, 0.5) is 20.2 Å². The second-order valence-corrected chi connectivity index (χ2v) is 10.4. The average Bonchev–Trinajstić information content (AvgIpc) is 3.58. The third kappa shape index (κ3) is 5.04. The number of nitrogens with zero attached hydrogens (tertiary/aromatic N) is 3. The molecule has 36 heavy (non-hydrogen) atoms. The molecule has 3 aromatic rings. The molecule has 7 nitrogen and oxygen atoms in total. The molecule has 1 fully saturated rings. The number of halogens is 2. The summed E-state index contributed by atoms with van der Waals surface area (Å²) < 4.78 is 38.5. The molecule has 1 aliphatic heterocycles. The Morgan fingerprint density at radius 1 is 1.25 bits per heavy atom. The predicted molar refractivity (Wildman–Crippen MR) is 136 cm³/mol. The highest BCUT2D eigenvalue weighted by Crippen LogP contribution is 2.35. The number of rotatable bonds is 7. The molecule has 1 atom stereocenters. The van der Waals surface area contributed by atoms with Crippen LogP contribution in [0.25, 0.3) is 10.9 Å². The van der Waals surface area contributed by atoms with Crippen LogP contribution in [0.15, 0.2) is 54.5 Å². The molecule has 2 aliphatic rings. The van der Waals surface area contributed by atoms with Crippen molar-refractivity contribution < 1.29 is 10.2 Å². The summed E-state index contributed by atoms with van der Waals surface area (Å²) in [6, 6.07) is 9.48. The molecule has 0 spiro atoms. The molecule has 0 unspecified atom stereocenters. The highest BCUT2D eigenvalue weighted by atomic mass is 19.1. The summed E-state index contributed by atoms with van der Waals surface area (Å²) in [7, 11) is 0. The number of anilines is 2. The largest absolute Gasteiger partial charge is 0.383 e. The summed E-state index contributed by atoms with van der Waals surface area (Å²) in [5.41, 5.74) is 8.19. The van der Waals surface area contributed by atoms with Gasteiger partial charge in [-0.25, -0.2) is 8.78 Å². The summed E-state index contributed by atoms with van der Waals surface area (Å²) in [6.07, 6.45) is 5.26. The molecule has 5 rings (SSSR count). The van der Waals surface area contributed by atoms with Crippen molar-refractivity contribution in [1.82, 2.24) is 21.0 Å². The maximum absolute atomic E-state index is 15.3. The Morgan fingerprint density at radius 3 is 2.67 bits per heavy atom. The molecule has 0 saturated heterocycles. The summed E-state index contributed by atoms with van der Waals surface area (Å²) in [6.45, 7) is 6.72. The average molecular weight is 491 g/mol. The van der Waals surface area contributed by atoms with E-state index in [1.54, 1.807) is 6.07 Å². The minimum Gasteiger partial charge on any atom is -0.383 e. The summed E-state index contributed by atoms with van der Waals surface area (Å²) >= 11 is 0. The van der Waals surface area contributed by atoms with Gasteiger partial charge in [-0.15, -0.1) is 5.53 Å². The van der Waals surface area contributed by atoms with E-state index in [1.807, 2.05) is 11.2 Å². The maximum atomic E-state index is 15.3. The van der Waals surface area contributed by atoms with Gasteiger partial charge in [0, 0.05) is 36.1 Å². The van der Waals surface area contributed by atoms with Crippen LogP contribution in [0.3, 0.4) is 0 Å². The van der Waals surface area contributed by atoms with Gasteiger partial charge in [0.25, 0.3) is 0 Å².